The second kappa shape index (κ2) is 8.36. The minimum atomic E-state index is -3.48. The van der Waals surface area contributed by atoms with Gasteiger partial charge in [0.15, 0.2) is 9.84 Å². The Kier molecular flexibility index (Phi) is 5.39. The Morgan fingerprint density at radius 1 is 1.12 bits per heavy atom. The molecule has 0 amide bonds. The predicted octanol–water partition coefficient (Wildman–Crippen LogP) is 3.25. The summed E-state index contributed by atoms with van der Waals surface area (Å²) in [5.41, 5.74) is 2.04. The SMILES string of the molecule is N#Cc1ccccc1S(=O)(=O)CC1CCC(N2CC(c3ncnc4[nH]ccc34)C=N2)CC1. The van der Waals surface area contributed by atoms with Crippen LogP contribution in [0.3, 0.4) is 0 Å². The van der Waals surface area contributed by atoms with Crippen molar-refractivity contribution < 1.29 is 8.42 Å². The third-order valence-electron chi connectivity index (χ3n) is 6.55. The largest absolute Gasteiger partial charge is 0.346 e. The number of hydrazone groups is 1. The van der Waals surface area contributed by atoms with Crippen LogP contribution in [-0.4, -0.2) is 52.9 Å². The molecule has 1 fully saturated rings. The number of H-pyrrole nitrogens is 1. The fourth-order valence-electron chi connectivity index (χ4n) is 4.89. The van der Waals surface area contributed by atoms with Crippen LogP contribution in [0.4, 0.5) is 0 Å². The zero-order valence-electron chi connectivity index (χ0n) is 17.6. The maximum atomic E-state index is 12.9. The first-order chi connectivity index (χ1) is 15.5. The van der Waals surface area contributed by atoms with Gasteiger partial charge in [0.1, 0.15) is 18.0 Å². The number of rotatable bonds is 5. The average Bonchev–Trinajstić information content (AvgIpc) is 3.49. The number of nitrogens with one attached hydrogen (secondary N) is 1. The summed E-state index contributed by atoms with van der Waals surface area (Å²) in [7, 11) is -3.48. The van der Waals surface area contributed by atoms with Crippen molar-refractivity contribution in [3.05, 3.63) is 54.1 Å². The van der Waals surface area contributed by atoms with Crippen molar-refractivity contribution >= 4 is 27.1 Å². The molecule has 2 aliphatic rings. The number of nitrogens with zero attached hydrogens (tertiary/aromatic N) is 5. The van der Waals surface area contributed by atoms with E-state index in [9.17, 15) is 13.7 Å². The monoisotopic (exact) mass is 448 g/mol. The lowest BCUT2D eigenvalue weighted by molar-refractivity contribution is 0.156. The lowest BCUT2D eigenvalue weighted by Gasteiger charge is -2.33. The normalized spacial score (nSPS) is 23.5. The number of fused-ring (bicyclic) bond motifs is 1. The van der Waals surface area contributed by atoms with Gasteiger partial charge in [-0.3, -0.25) is 5.01 Å². The van der Waals surface area contributed by atoms with Gasteiger partial charge in [-0.1, -0.05) is 12.1 Å². The van der Waals surface area contributed by atoms with Gasteiger partial charge in [-0.15, -0.1) is 0 Å². The number of aromatic amines is 1. The van der Waals surface area contributed by atoms with Crippen LogP contribution in [0.15, 0.2) is 52.9 Å². The third kappa shape index (κ3) is 3.86. The highest BCUT2D eigenvalue weighted by molar-refractivity contribution is 7.91. The van der Waals surface area contributed by atoms with Crippen molar-refractivity contribution in [2.24, 2.45) is 11.0 Å². The molecule has 3 heterocycles. The topological polar surface area (TPSA) is 115 Å². The minimum Gasteiger partial charge on any atom is -0.346 e. The van der Waals surface area contributed by atoms with E-state index in [1.165, 1.54) is 6.07 Å². The van der Waals surface area contributed by atoms with Gasteiger partial charge >= 0.3 is 0 Å². The van der Waals surface area contributed by atoms with E-state index in [1.54, 1.807) is 24.5 Å². The Morgan fingerprint density at radius 2 is 1.94 bits per heavy atom. The number of nitriles is 1. The van der Waals surface area contributed by atoms with Crippen molar-refractivity contribution in [2.75, 3.05) is 12.3 Å². The van der Waals surface area contributed by atoms with E-state index in [0.29, 0.717) is 6.04 Å². The van der Waals surface area contributed by atoms with Crippen molar-refractivity contribution in [1.82, 2.24) is 20.0 Å². The fraction of sp³-hybridized carbons (Fsp3) is 0.391. The van der Waals surface area contributed by atoms with E-state index in [0.717, 1.165) is 49.0 Å². The van der Waals surface area contributed by atoms with Gasteiger partial charge in [0.05, 0.1) is 27.8 Å². The zero-order chi connectivity index (χ0) is 22.1. The maximum absolute atomic E-state index is 12.9. The average molecular weight is 449 g/mol. The van der Waals surface area contributed by atoms with E-state index < -0.39 is 9.84 Å². The lowest BCUT2D eigenvalue weighted by Crippen LogP contribution is -2.35. The number of aromatic nitrogens is 3. The molecule has 8 nitrogen and oxygen atoms in total. The van der Waals surface area contributed by atoms with E-state index >= 15 is 0 Å². The molecular formula is C23H24N6O2S. The smallest absolute Gasteiger partial charge is 0.179 e. The zero-order valence-corrected chi connectivity index (χ0v) is 18.4. The van der Waals surface area contributed by atoms with E-state index in [2.05, 4.69) is 25.1 Å². The molecule has 0 saturated heterocycles. The highest BCUT2D eigenvalue weighted by atomic mass is 32.2. The number of benzene rings is 1. The van der Waals surface area contributed by atoms with E-state index in [4.69, 9.17) is 0 Å². The third-order valence-corrected chi connectivity index (χ3v) is 8.49. The van der Waals surface area contributed by atoms with Gasteiger partial charge in [-0.2, -0.15) is 10.4 Å². The summed E-state index contributed by atoms with van der Waals surface area (Å²) in [6.07, 6.45) is 8.92. The van der Waals surface area contributed by atoms with Crippen molar-refractivity contribution in [3.63, 3.8) is 0 Å². The van der Waals surface area contributed by atoms with Gasteiger partial charge in [0.2, 0.25) is 0 Å². The van der Waals surface area contributed by atoms with Crippen molar-refractivity contribution in [2.45, 2.75) is 42.5 Å². The molecule has 1 aliphatic carbocycles. The maximum Gasteiger partial charge on any atom is 0.179 e. The van der Waals surface area contributed by atoms with Gasteiger partial charge in [-0.25, -0.2) is 18.4 Å². The summed E-state index contributed by atoms with van der Waals surface area (Å²) in [5, 5.41) is 17.1. The molecule has 32 heavy (non-hydrogen) atoms. The molecule has 0 bridgehead atoms. The van der Waals surface area contributed by atoms with E-state index in [-0.39, 0.29) is 28.0 Å². The Balaban J connectivity index is 1.20. The molecule has 2 aromatic heterocycles. The van der Waals surface area contributed by atoms with Gasteiger partial charge in [0.25, 0.3) is 0 Å². The Bertz CT molecular complexity index is 1300. The van der Waals surface area contributed by atoms with Crippen LogP contribution in [-0.2, 0) is 9.84 Å². The quantitative estimate of drug-likeness (QED) is 0.641. The summed E-state index contributed by atoms with van der Waals surface area (Å²) < 4.78 is 25.8. The van der Waals surface area contributed by atoms with Crippen LogP contribution in [0.1, 0.15) is 42.9 Å². The van der Waals surface area contributed by atoms with Gasteiger partial charge in [0, 0.05) is 30.4 Å². The summed E-state index contributed by atoms with van der Waals surface area (Å²) in [6, 6.07) is 10.8. The first-order valence-corrected chi connectivity index (χ1v) is 12.5. The predicted molar refractivity (Wildman–Crippen MR) is 121 cm³/mol. The summed E-state index contributed by atoms with van der Waals surface area (Å²) in [6.45, 7) is 0.778. The van der Waals surface area contributed by atoms with Crippen LogP contribution >= 0.6 is 0 Å². The van der Waals surface area contributed by atoms with Gasteiger partial charge < -0.3 is 4.98 Å². The van der Waals surface area contributed by atoms with Crippen LogP contribution < -0.4 is 0 Å². The number of sulfone groups is 1. The first-order valence-electron chi connectivity index (χ1n) is 10.9. The molecule has 5 rings (SSSR count). The molecule has 0 radical (unpaired) electrons. The molecule has 1 atom stereocenters. The molecule has 164 valence electrons. The molecule has 1 aliphatic heterocycles. The number of hydrogen-bond acceptors (Lipinski definition) is 7. The second-order valence-electron chi connectivity index (χ2n) is 8.56. The number of hydrogen-bond donors (Lipinski definition) is 1. The molecule has 1 saturated carbocycles. The highest BCUT2D eigenvalue weighted by Gasteiger charge is 2.33. The van der Waals surface area contributed by atoms with Crippen LogP contribution in [0.2, 0.25) is 0 Å². The summed E-state index contributed by atoms with van der Waals surface area (Å²) >= 11 is 0. The van der Waals surface area contributed by atoms with Crippen molar-refractivity contribution in [1.29, 1.82) is 5.26 Å². The van der Waals surface area contributed by atoms with Crippen LogP contribution in [0.25, 0.3) is 11.0 Å². The minimum absolute atomic E-state index is 0.0940. The second-order valence-corrected chi connectivity index (χ2v) is 10.6. The van der Waals surface area contributed by atoms with E-state index in [1.807, 2.05) is 24.5 Å². The standard InChI is InChI=1S/C23H24N6O2S/c24-11-17-3-1-2-4-21(17)32(30,31)14-16-5-7-19(8-6-16)29-13-18(12-28-29)22-20-9-10-25-23(20)27-15-26-22/h1-4,9-10,12,15-16,18-19H,5-8,13-14H2,(H,25,26,27). The van der Waals surface area contributed by atoms with Crippen LogP contribution in [0, 0.1) is 17.2 Å². The molecule has 1 N–H and O–H groups in total. The lowest BCUT2D eigenvalue weighted by atomic mass is 9.87. The molecule has 1 aromatic carbocycles. The van der Waals surface area contributed by atoms with Gasteiger partial charge in [-0.05, 0) is 49.8 Å². The molecule has 1 unspecified atom stereocenters. The highest BCUT2D eigenvalue weighted by Crippen LogP contribution is 2.33. The molecule has 0 spiro atoms. The molecule has 3 aromatic rings. The van der Waals surface area contributed by atoms with Crippen LogP contribution in [0.5, 0.6) is 0 Å². The molecule has 9 heteroatoms. The molecular weight excluding hydrogens is 424 g/mol. The Hall–Kier alpha value is -3.25. The summed E-state index contributed by atoms with van der Waals surface area (Å²) in [4.78, 5) is 12.0. The Morgan fingerprint density at radius 3 is 2.75 bits per heavy atom. The Labute approximate surface area is 186 Å². The first kappa shape index (κ1) is 20.6. The fourth-order valence-corrected chi connectivity index (χ4v) is 6.76. The van der Waals surface area contributed by atoms with Crippen molar-refractivity contribution in [3.8, 4) is 6.07 Å². The summed E-state index contributed by atoms with van der Waals surface area (Å²) in [5.74, 6) is 0.320.